The zero-order chi connectivity index (χ0) is 22.7. The number of rotatable bonds is 4. The van der Waals surface area contributed by atoms with Crippen LogP contribution in [0.2, 0.25) is 0 Å². The van der Waals surface area contributed by atoms with Crippen LogP contribution in [0.25, 0.3) is 0 Å². The van der Waals surface area contributed by atoms with Crippen LogP contribution in [-0.4, -0.2) is 79.5 Å². The number of aliphatic hydroxyl groups is 2. The lowest BCUT2D eigenvalue weighted by Crippen LogP contribution is -2.50. The molecule has 5 rings (SSSR count). The number of carbonyl (C=O) groups excluding carboxylic acids is 1. The van der Waals surface area contributed by atoms with Crippen molar-refractivity contribution >= 4 is 5.97 Å². The molecule has 3 aliphatic heterocycles. The molecule has 5 atom stereocenters. The fourth-order valence-electron chi connectivity index (χ4n) is 5.39. The molecule has 32 heavy (non-hydrogen) atoms. The van der Waals surface area contributed by atoms with Gasteiger partial charge in [-0.15, -0.1) is 0 Å². The summed E-state index contributed by atoms with van der Waals surface area (Å²) in [6.07, 6.45) is 3.76. The van der Waals surface area contributed by atoms with E-state index in [1.54, 1.807) is 14.2 Å². The number of methoxy groups -OCH3 is 2. The first-order valence-electron chi connectivity index (χ1n) is 10.6. The molecule has 0 saturated carbocycles. The lowest BCUT2D eigenvalue weighted by molar-refractivity contribution is -0.168. The highest BCUT2D eigenvalue weighted by Crippen LogP contribution is 2.51. The molecule has 172 valence electrons. The zero-order valence-corrected chi connectivity index (χ0v) is 18.2. The third kappa shape index (κ3) is 2.99. The Kier molecular flexibility index (Phi) is 4.88. The van der Waals surface area contributed by atoms with Crippen LogP contribution in [0.1, 0.15) is 18.4 Å². The van der Waals surface area contributed by atoms with Crippen molar-refractivity contribution in [2.45, 2.75) is 42.3 Å². The molecule has 0 aromatic heterocycles. The Morgan fingerprint density at radius 1 is 1.16 bits per heavy atom. The number of carbonyl (C=O) groups is 1. The molecule has 2 fully saturated rings. The fourth-order valence-corrected chi connectivity index (χ4v) is 5.39. The van der Waals surface area contributed by atoms with E-state index in [-0.39, 0.29) is 18.1 Å². The maximum Gasteiger partial charge on any atom is 0.377 e. The summed E-state index contributed by atoms with van der Waals surface area (Å²) in [6.45, 7) is 1.03. The summed E-state index contributed by atoms with van der Waals surface area (Å²) in [6, 6.07) is 6.10. The Morgan fingerprint density at radius 2 is 1.94 bits per heavy atom. The van der Waals surface area contributed by atoms with Crippen LogP contribution in [0, 0.1) is 0 Å². The van der Waals surface area contributed by atoms with Gasteiger partial charge in [0.25, 0.3) is 0 Å². The van der Waals surface area contributed by atoms with Gasteiger partial charge >= 0.3 is 5.97 Å². The number of hydrogen-bond donors (Lipinski definition) is 2. The van der Waals surface area contributed by atoms with Gasteiger partial charge in [0.1, 0.15) is 6.10 Å². The summed E-state index contributed by atoms with van der Waals surface area (Å²) < 4.78 is 28.3. The Hall–Kier alpha value is -2.75. The lowest BCUT2D eigenvalue weighted by atomic mass is 9.68. The van der Waals surface area contributed by atoms with Crippen molar-refractivity contribution < 1.29 is 38.7 Å². The van der Waals surface area contributed by atoms with E-state index in [2.05, 4.69) is 24.1 Å². The Morgan fingerprint density at radius 3 is 2.62 bits per heavy atom. The monoisotopic (exact) mass is 445 g/mol. The standard InChI is InChI=1S/C23H27NO8/c1-24-9-8-22(13-4-5-14(28-2)15(10-13)29-3)6-7-23(11-17(22)24)30-12-16(32-23)20-18(25)19(26)21(27)31-20/h4-7,10,16-17,20,25-26H,8-9,11-12H2,1-3H3. The number of cyclic esters (lactones) is 1. The second-order valence-electron chi connectivity index (χ2n) is 8.73. The van der Waals surface area contributed by atoms with E-state index < -0.39 is 35.5 Å². The molecule has 9 nitrogen and oxygen atoms in total. The number of nitrogens with zero attached hydrogens (tertiary/aromatic N) is 1. The fraction of sp³-hybridized carbons (Fsp3) is 0.522. The molecular formula is C23H27NO8. The van der Waals surface area contributed by atoms with Gasteiger partial charge in [0.2, 0.25) is 5.76 Å². The number of likely N-dealkylation sites (tertiary alicyclic amines) is 1. The van der Waals surface area contributed by atoms with Crippen LogP contribution >= 0.6 is 0 Å². The van der Waals surface area contributed by atoms with Crippen LogP contribution in [-0.2, 0) is 24.4 Å². The summed E-state index contributed by atoms with van der Waals surface area (Å²) in [5, 5.41) is 19.7. The van der Waals surface area contributed by atoms with Gasteiger partial charge in [0.15, 0.2) is 29.1 Å². The van der Waals surface area contributed by atoms with Crippen LogP contribution in [0.15, 0.2) is 41.9 Å². The predicted molar refractivity (Wildman–Crippen MR) is 112 cm³/mol. The number of ether oxygens (including phenoxy) is 5. The molecule has 1 aromatic carbocycles. The molecule has 2 N–H and O–H groups in total. The molecule has 9 heteroatoms. The molecule has 0 amide bonds. The third-order valence-electron chi connectivity index (χ3n) is 7.16. The zero-order valence-electron chi connectivity index (χ0n) is 18.2. The number of likely N-dealkylation sites (N-methyl/N-ethyl adjacent to an activating group) is 1. The van der Waals surface area contributed by atoms with Gasteiger partial charge < -0.3 is 38.8 Å². The second kappa shape index (κ2) is 7.40. The van der Waals surface area contributed by atoms with Crippen molar-refractivity contribution in [1.82, 2.24) is 4.90 Å². The topological polar surface area (TPSA) is 107 Å². The van der Waals surface area contributed by atoms with Crippen LogP contribution in [0.3, 0.4) is 0 Å². The largest absolute Gasteiger partial charge is 0.505 e. The van der Waals surface area contributed by atoms with Crippen molar-refractivity contribution in [1.29, 1.82) is 0 Å². The quantitative estimate of drug-likeness (QED) is 0.531. The van der Waals surface area contributed by atoms with Gasteiger partial charge in [-0.2, -0.15) is 0 Å². The number of hydrogen-bond acceptors (Lipinski definition) is 9. The number of aliphatic hydroxyl groups excluding tert-OH is 2. The van der Waals surface area contributed by atoms with Crippen molar-refractivity contribution in [3.05, 3.63) is 47.4 Å². The number of benzene rings is 1. The molecule has 3 heterocycles. The van der Waals surface area contributed by atoms with E-state index in [9.17, 15) is 15.0 Å². The Bertz CT molecular complexity index is 1010. The molecule has 1 aliphatic carbocycles. The van der Waals surface area contributed by atoms with Crippen molar-refractivity contribution in [2.75, 3.05) is 34.4 Å². The lowest BCUT2D eigenvalue weighted by Gasteiger charge is -2.44. The van der Waals surface area contributed by atoms with Crippen molar-refractivity contribution in [2.24, 2.45) is 0 Å². The minimum absolute atomic E-state index is 0.0908. The average molecular weight is 445 g/mol. The number of fused-ring (bicyclic) bond motifs is 1. The van der Waals surface area contributed by atoms with E-state index >= 15 is 0 Å². The van der Waals surface area contributed by atoms with E-state index in [0.29, 0.717) is 17.9 Å². The Balaban J connectivity index is 1.45. The summed E-state index contributed by atoms with van der Waals surface area (Å²) in [5.74, 6) is -1.89. The van der Waals surface area contributed by atoms with Crippen molar-refractivity contribution in [3.8, 4) is 11.5 Å². The number of esters is 1. The SMILES string of the molecule is COc1ccc(C23C=CC4(CC2N(C)CC3)OCC(C2OC(=O)C(O)=C2O)O4)cc1OC. The van der Waals surface area contributed by atoms with Crippen LogP contribution in [0.4, 0.5) is 0 Å². The Labute approximate surface area is 185 Å². The average Bonchev–Trinajstić information content (AvgIpc) is 3.45. The molecule has 0 bridgehead atoms. The van der Waals surface area contributed by atoms with Gasteiger partial charge in [-0.05, 0) is 43.8 Å². The first-order chi connectivity index (χ1) is 15.3. The molecular weight excluding hydrogens is 418 g/mol. The molecule has 1 spiro atoms. The van der Waals surface area contributed by atoms with E-state index in [0.717, 1.165) is 18.5 Å². The van der Waals surface area contributed by atoms with Gasteiger partial charge in [0, 0.05) is 17.9 Å². The first-order valence-corrected chi connectivity index (χ1v) is 10.6. The minimum Gasteiger partial charge on any atom is -0.505 e. The van der Waals surface area contributed by atoms with Gasteiger partial charge in [-0.25, -0.2) is 4.79 Å². The first kappa shape index (κ1) is 21.1. The molecule has 2 saturated heterocycles. The van der Waals surface area contributed by atoms with E-state index in [4.69, 9.17) is 23.7 Å². The highest BCUT2D eigenvalue weighted by molar-refractivity contribution is 5.89. The second-order valence-corrected chi connectivity index (χ2v) is 8.73. The minimum atomic E-state index is -1.07. The normalized spacial score (nSPS) is 36.6. The smallest absolute Gasteiger partial charge is 0.377 e. The summed E-state index contributed by atoms with van der Waals surface area (Å²) in [5.41, 5.74) is 0.880. The molecule has 0 radical (unpaired) electrons. The third-order valence-corrected chi connectivity index (χ3v) is 7.16. The highest BCUT2D eigenvalue weighted by atomic mass is 16.8. The molecule has 4 aliphatic rings. The van der Waals surface area contributed by atoms with E-state index in [1.165, 1.54) is 0 Å². The van der Waals surface area contributed by atoms with Crippen LogP contribution < -0.4 is 9.47 Å². The maximum absolute atomic E-state index is 11.6. The summed E-state index contributed by atoms with van der Waals surface area (Å²) >= 11 is 0. The molecule has 1 aromatic rings. The van der Waals surface area contributed by atoms with Crippen molar-refractivity contribution in [3.63, 3.8) is 0 Å². The van der Waals surface area contributed by atoms with Crippen LogP contribution in [0.5, 0.6) is 11.5 Å². The maximum atomic E-state index is 11.6. The van der Waals surface area contributed by atoms with Gasteiger partial charge in [0.05, 0.1) is 20.8 Å². The summed E-state index contributed by atoms with van der Waals surface area (Å²) in [4.78, 5) is 13.9. The predicted octanol–water partition coefficient (Wildman–Crippen LogP) is 1.97. The van der Waals surface area contributed by atoms with Gasteiger partial charge in [-0.1, -0.05) is 12.1 Å². The van der Waals surface area contributed by atoms with Gasteiger partial charge in [-0.3, -0.25) is 0 Å². The molecule has 5 unspecified atom stereocenters. The van der Waals surface area contributed by atoms with E-state index in [1.807, 2.05) is 18.2 Å². The summed E-state index contributed by atoms with van der Waals surface area (Å²) in [7, 11) is 5.32. The highest BCUT2D eigenvalue weighted by Gasteiger charge is 2.57.